The monoisotopic (exact) mass is 404 g/mol. The number of benzene rings is 2. The summed E-state index contributed by atoms with van der Waals surface area (Å²) >= 11 is 0. The van der Waals surface area contributed by atoms with Crippen molar-refractivity contribution in [3.8, 4) is 0 Å². The number of hydrogen-bond acceptors (Lipinski definition) is 5. The predicted octanol–water partition coefficient (Wildman–Crippen LogP) is 4.57. The van der Waals surface area contributed by atoms with Gasteiger partial charge in [-0.15, -0.1) is 0 Å². The first kappa shape index (κ1) is 21.8. The zero-order chi connectivity index (χ0) is 20.7. The maximum atomic E-state index is 13.0. The predicted molar refractivity (Wildman–Crippen MR) is 112 cm³/mol. The molecule has 0 bridgehead atoms. The Hall–Kier alpha value is -2.54. The third kappa shape index (κ3) is 5.99. The number of ether oxygens (including phenoxy) is 1. The van der Waals surface area contributed by atoms with Gasteiger partial charge in [0.05, 0.1) is 17.4 Å². The van der Waals surface area contributed by atoms with E-state index < -0.39 is 16.0 Å². The Morgan fingerprint density at radius 3 is 2.39 bits per heavy atom. The maximum Gasteiger partial charge on any atom is 0.338 e. The Kier molecular flexibility index (Phi) is 7.45. The summed E-state index contributed by atoms with van der Waals surface area (Å²) in [6, 6.07) is 11.6. The molecule has 6 nitrogen and oxygen atoms in total. The van der Waals surface area contributed by atoms with E-state index in [2.05, 4.69) is 17.0 Å². The lowest BCUT2D eigenvalue weighted by Gasteiger charge is -2.16. The van der Waals surface area contributed by atoms with E-state index in [0.717, 1.165) is 18.4 Å². The summed E-state index contributed by atoms with van der Waals surface area (Å²) in [7, 11) is -3.90. The van der Waals surface area contributed by atoms with Crippen molar-refractivity contribution in [1.29, 1.82) is 0 Å². The highest BCUT2D eigenvalue weighted by Gasteiger charge is 2.22. The highest BCUT2D eigenvalue weighted by atomic mass is 32.2. The SMILES string of the molecule is CCCCNc1ccc(C(=O)OC(C)C)cc1S(=O)(=O)Nc1ccc(C)cc1. The van der Waals surface area contributed by atoms with E-state index in [-0.39, 0.29) is 16.6 Å². The van der Waals surface area contributed by atoms with Gasteiger partial charge in [-0.1, -0.05) is 31.0 Å². The van der Waals surface area contributed by atoms with Gasteiger partial charge >= 0.3 is 5.97 Å². The molecular weight excluding hydrogens is 376 g/mol. The molecule has 0 unspecified atom stereocenters. The van der Waals surface area contributed by atoms with E-state index in [1.165, 1.54) is 6.07 Å². The van der Waals surface area contributed by atoms with Crippen LogP contribution in [0.5, 0.6) is 0 Å². The van der Waals surface area contributed by atoms with Gasteiger partial charge in [0, 0.05) is 12.2 Å². The van der Waals surface area contributed by atoms with Crippen LogP contribution in [-0.2, 0) is 14.8 Å². The van der Waals surface area contributed by atoms with Crippen molar-refractivity contribution >= 4 is 27.4 Å². The van der Waals surface area contributed by atoms with Crippen molar-refractivity contribution in [2.24, 2.45) is 0 Å². The minimum Gasteiger partial charge on any atom is -0.459 e. The molecule has 0 atom stereocenters. The van der Waals surface area contributed by atoms with Crippen LogP contribution in [0.25, 0.3) is 0 Å². The highest BCUT2D eigenvalue weighted by Crippen LogP contribution is 2.26. The van der Waals surface area contributed by atoms with Gasteiger partial charge in [0.25, 0.3) is 10.0 Å². The van der Waals surface area contributed by atoms with E-state index in [1.54, 1.807) is 38.1 Å². The lowest BCUT2D eigenvalue weighted by Crippen LogP contribution is -2.18. The van der Waals surface area contributed by atoms with Crippen molar-refractivity contribution in [2.45, 2.75) is 51.5 Å². The molecular formula is C21H28N2O4S. The summed E-state index contributed by atoms with van der Waals surface area (Å²) in [6.07, 6.45) is 1.60. The minimum absolute atomic E-state index is 0.0161. The van der Waals surface area contributed by atoms with Crippen molar-refractivity contribution in [3.63, 3.8) is 0 Å². The summed E-state index contributed by atoms with van der Waals surface area (Å²) in [5.74, 6) is -0.554. The quantitative estimate of drug-likeness (QED) is 0.472. The van der Waals surface area contributed by atoms with E-state index in [4.69, 9.17) is 4.74 Å². The van der Waals surface area contributed by atoms with E-state index in [9.17, 15) is 13.2 Å². The zero-order valence-electron chi connectivity index (χ0n) is 16.8. The van der Waals surface area contributed by atoms with Crippen molar-refractivity contribution in [1.82, 2.24) is 0 Å². The zero-order valence-corrected chi connectivity index (χ0v) is 17.6. The lowest BCUT2D eigenvalue weighted by atomic mass is 10.2. The number of sulfonamides is 1. The number of unbranched alkanes of at least 4 members (excludes halogenated alkanes) is 1. The van der Waals surface area contributed by atoms with Crippen molar-refractivity contribution in [3.05, 3.63) is 53.6 Å². The standard InChI is InChI=1S/C21H28N2O4S/c1-5-6-13-22-19-12-9-17(21(24)27-15(2)3)14-20(19)28(25,26)23-18-10-7-16(4)8-11-18/h7-12,14-15,22-23H,5-6,13H2,1-4H3. The molecule has 0 saturated heterocycles. The van der Waals surface area contributed by atoms with Crippen LogP contribution in [-0.4, -0.2) is 27.0 Å². The molecule has 0 aliphatic rings. The number of aryl methyl sites for hydroxylation is 1. The van der Waals surface area contributed by atoms with Crippen LogP contribution >= 0.6 is 0 Å². The first-order valence-corrected chi connectivity index (χ1v) is 10.9. The Balaban J connectivity index is 2.40. The van der Waals surface area contributed by atoms with E-state index in [1.807, 2.05) is 19.1 Å². The van der Waals surface area contributed by atoms with Gasteiger partial charge in [-0.25, -0.2) is 13.2 Å². The second kappa shape index (κ2) is 9.59. The molecule has 0 heterocycles. The Morgan fingerprint density at radius 1 is 1.11 bits per heavy atom. The molecule has 2 aromatic rings. The molecule has 0 spiro atoms. The van der Waals surface area contributed by atoms with Crippen molar-refractivity contribution in [2.75, 3.05) is 16.6 Å². The molecule has 0 fully saturated rings. The fourth-order valence-corrected chi connectivity index (χ4v) is 3.80. The first-order chi connectivity index (χ1) is 13.2. The van der Waals surface area contributed by atoms with Gasteiger partial charge in [-0.3, -0.25) is 4.72 Å². The second-order valence-electron chi connectivity index (χ2n) is 6.92. The van der Waals surface area contributed by atoms with Crippen LogP contribution < -0.4 is 10.0 Å². The third-order valence-corrected chi connectivity index (χ3v) is 5.42. The summed E-state index contributed by atoms with van der Waals surface area (Å²) in [6.45, 7) is 8.12. The number of rotatable bonds is 9. The Labute approximate surface area is 167 Å². The van der Waals surface area contributed by atoms with Crippen LogP contribution in [0.15, 0.2) is 47.4 Å². The van der Waals surface area contributed by atoms with Crippen LogP contribution in [0, 0.1) is 6.92 Å². The van der Waals surface area contributed by atoms with Crippen molar-refractivity contribution < 1.29 is 17.9 Å². The molecule has 0 aliphatic heterocycles. The maximum absolute atomic E-state index is 13.0. The number of carbonyl (C=O) groups excluding carboxylic acids is 1. The molecule has 28 heavy (non-hydrogen) atoms. The molecule has 0 saturated carbocycles. The van der Waals surface area contributed by atoms with Gasteiger partial charge in [0.2, 0.25) is 0 Å². The molecule has 2 aromatic carbocycles. The molecule has 0 aromatic heterocycles. The Morgan fingerprint density at radius 2 is 1.79 bits per heavy atom. The van der Waals surface area contributed by atoms with Crippen LogP contribution in [0.3, 0.4) is 0 Å². The van der Waals surface area contributed by atoms with Crippen LogP contribution in [0.2, 0.25) is 0 Å². The lowest BCUT2D eigenvalue weighted by molar-refractivity contribution is 0.0377. The normalized spacial score (nSPS) is 11.3. The smallest absolute Gasteiger partial charge is 0.338 e. The van der Waals surface area contributed by atoms with Crippen LogP contribution in [0.1, 0.15) is 49.5 Å². The van der Waals surface area contributed by atoms with Gasteiger partial charge in [-0.05, 0) is 57.5 Å². The van der Waals surface area contributed by atoms with Gasteiger partial charge in [-0.2, -0.15) is 0 Å². The summed E-state index contributed by atoms with van der Waals surface area (Å²) in [4.78, 5) is 12.3. The second-order valence-corrected chi connectivity index (χ2v) is 8.57. The largest absolute Gasteiger partial charge is 0.459 e. The van der Waals surface area contributed by atoms with Gasteiger partial charge in [0.15, 0.2) is 0 Å². The number of nitrogens with one attached hydrogen (secondary N) is 2. The van der Waals surface area contributed by atoms with Gasteiger partial charge in [0.1, 0.15) is 4.90 Å². The highest BCUT2D eigenvalue weighted by molar-refractivity contribution is 7.92. The van der Waals surface area contributed by atoms with E-state index in [0.29, 0.717) is 17.9 Å². The Bertz CT molecular complexity index is 907. The molecule has 0 aliphatic carbocycles. The molecule has 0 amide bonds. The molecule has 2 N–H and O–H groups in total. The fourth-order valence-electron chi connectivity index (χ4n) is 2.53. The molecule has 7 heteroatoms. The topological polar surface area (TPSA) is 84.5 Å². The summed E-state index contributed by atoms with van der Waals surface area (Å²) < 4.78 is 33.8. The molecule has 2 rings (SSSR count). The summed E-state index contributed by atoms with van der Waals surface area (Å²) in [5, 5.41) is 3.15. The average Bonchev–Trinajstić information content (AvgIpc) is 2.63. The first-order valence-electron chi connectivity index (χ1n) is 9.41. The fraction of sp³-hybridized carbons (Fsp3) is 0.381. The minimum atomic E-state index is -3.90. The third-order valence-electron chi connectivity index (χ3n) is 4.00. The molecule has 152 valence electrons. The molecule has 0 radical (unpaired) electrons. The number of anilines is 2. The number of carbonyl (C=O) groups is 1. The number of hydrogen-bond donors (Lipinski definition) is 2. The van der Waals surface area contributed by atoms with Gasteiger partial charge < -0.3 is 10.1 Å². The van der Waals surface area contributed by atoms with Crippen LogP contribution in [0.4, 0.5) is 11.4 Å². The summed E-state index contributed by atoms with van der Waals surface area (Å²) in [5.41, 5.74) is 2.14. The van der Waals surface area contributed by atoms with E-state index >= 15 is 0 Å². The average molecular weight is 405 g/mol. The number of esters is 1.